The second kappa shape index (κ2) is 5.43. The van der Waals surface area contributed by atoms with Crippen molar-refractivity contribution >= 4 is 45.2 Å². The third-order valence-electron chi connectivity index (χ3n) is 2.46. The lowest BCUT2D eigenvalue weighted by Gasteiger charge is -2.12. The Bertz CT molecular complexity index is 407. The van der Waals surface area contributed by atoms with Crippen LogP contribution >= 0.6 is 39.3 Å². The standard InChI is InChI=1S/C11H11BrClNOS/c12-9-3-1-2-8(10(9)13)11(15)14-7-4-5-16-6-7/h1-3,7H,4-6H2,(H,14,15). The molecule has 0 saturated carbocycles. The molecule has 1 saturated heterocycles. The number of carbonyl (C=O) groups is 1. The van der Waals surface area contributed by atoms with Gasteiger partial charge in [0.05, 0.1) is 10.6 Å². The third kappa shape index (κ3) is 2.73. The Kier molecular flexibility index (Phi) is 4.16. The van der Waals surface area contributed by atoms with Crippen molar-refractivity contribution in [1.82, 2.24) is 5.32 Å². The zero-order valence-electron chi connectivity index (χ0n) is 8.50. The fourth-order valence-corrected chi connectivity index (χ4v) is 3.32. The van der Waals surface area contributed by atoms with Gasteiger partial charge in [0.15, 0.2) is 0 Å². The molecule has 86 valence electrons. The van der Waals surface area contributed by atoms with E-state index in [0.717, 1.165) is 22.4 Å². The summed E-state index contributed by atoms with van der Waals surface area (Å²) in [6.07, 6.45) is 1.04. The molecule has 0 bridgehead atoms. The molecule has 1 unspecified atom stereocenters. The van der Waals surface area contributed by atoms with Gasteiger partial charge in [0, 0.05) is 16.3 Å². The molecule has 1 aromatic rings. The van der Waals surface area contributed by atoms with Crippen molar-refractivity contribution < 1.29 is 4.79 Å². The van der Waals surface area contributed by atoms with Crippen LogP contribution in [0.15, 0.2) is 22.7 Å². The molecule has 0 spiro atoms. The van der Waals surface area contributed by atoms with Gasteiger partial charge in [-0.25, -0.2) is 0 Å². The molecule has 0 aromatic heterocycles. The van der Waals surface area contributed by atoms with Crippen LogP contribution < -0.4 is 5.32 Å². The first-order valence-electron chi connectivity index (χ1n) is 5.01. The molecule has 16 heavy (non-hydrogen) atoms. The normalized spacial score (nSPS) is 19.8. The molecule has 1 atom stereocenters. The number of thioether (sulfide) groups is 1. The van der Waals surface area contributed by atoms with Crippen molar-refractivity contribution in [3.63, 3.8) is 0 Å². The highest BCUT2D eigenvalue weighted by Gasteiger charge is 2.20. The lowest BCUT2D eigenvalue weighted by molar-refractivity contribution is 0.0941. The molecule has 1 aromatic carbocycles. The molecule has 0 aliphatic carbocycles. The molecule has 0 radical (unpaired) electrons. The van der Waals surface area contributed by atoms with Gasteiger partial charge in [-0.3, -0.25) is 4.79 Å². The molecule has 1 aliphatic rings. The van der Waals surface area contributed by atoms with Crippen LogP contribution in [0.3, 0.4) is 0 Å². The Hall–Kier alpha value is -0.190. The van der Waals surface area contributed by atoms with Gasteiger partial charge in [-0.1, -0.05) is 17.7 Å². The zero-order chi connectivity index (χ0) is 11.5. The van der Waals surface area contributed by atoms with Crippen molar-refractivity contribution in [1.29, 1.82) is 0 Å². The SMILES string of the molecule is O=C(NC1CCSC1)c1cccc(Br)c1Cl. The number of rotatable bonds is 2. The predicted octanol–water partition coefficient (Wildman–Crippen LogP) is 3.34. The van der Waals surface area contributed by atoms with Crippen LogP contribution in [0.2, 0.25) is 5.02 Å². The van der Waals surface area contributed by atoms with E-state index in [1.807, 2.05) is 23.9 Å². The van der Waals surface area contributed by atoms with Gasteiger partial charge in [0.2, 0.25) is 0 Å². The number of carbonyl (C=O) groups excluding carboxylic acids is 1. The van der Waals surface area contributed by atoms with Gasteiger partial charge in [-0.05, 0) is 40.2 Å². The number of hydrogen-bond donors (Lipinski definition) is 1. The highest BCUT2D eigenvalue weighted by molar-refractivity contribution is 9.10. The Morgan fingerprint density at radius 3 is 3.06 bits per heavy atom. The summed E-state index contributed by atoms with van der Waals surface area (Å²) in [7, 11) is 0. The minimum Gasteiger partial charge on any atom is -0.348 e. The summed E-state index contributed by atoms with van der Waals surface area (Å²) in [5.74, 6) is 2.04. The molecule has 1 N–H and O–H groups in total. The Morgan fingerprint density at radius 1 is 1.56 bits per heavy atom. The van der Waals surface area contributed by atoms with Crippen LogP contribution in [0.1, 0.15) is 16.8 Å². The Morgan fingerprint density at radius 2 is 2.38 bits per heavy atom. The average molecular weight is 321 g/mol. The van der Waals surface area contributed by atoms with Gasteiger partial charge in [0.1, 0.15) is 0 Å². The first-order valence-corrected chi connectivity index (χ1v) is 7.33. The maximum absolute atomic E-state index is 11.9. The van der Waals surface area contributed by atoms with E-state index in [2.05, 4.69) is 21.2 Å². The molecule has 5 heteroatoms. The fraction of sp³-hybridized carbons (Fsp3) is 0.364. The molecular formula is C11H11BrClNOS. The van der Waals surface area contributed by atoms with Gasteiger partial charge in [-0.15, -0.1) is 0 Å². The molecule has 1 heterocycles. The molecule has 2 nitrogen and oxygen atoms in total. The molecule has 2 rings (SSSR count). The minimum atomic E-state index is -0.0844. The number of amides is 1. The lowest BCUT2D eigenvalue weighted by Crippen LogP contribution is -2.34. The molecular weight excluding hydrogens is 310 g/mol. The first-order chi connectivity index (χ1) is 7.68. The Labute approximate surface area is 112 Å². The summed E-state index contributed by atoms with van der Waals surface area (Å²) in [5, 5.41) is 3.48. The van der Waals surface area contributed by atoms with Crippen LogP contribution in [0.25, 0.3) is 0 Å². The summed E-state index contributed by atoms with van der Waals surface area (Å²) in [6, 6.07) is 5.66. The average Bonchev–Trinajstić information content (AvgIpc) is 2.74. The number of halogens is 2. The van der Waals surface area contributed by atoms with Crippen molar-refractivity contribution in [3.05, 3.63) is 33.3 Å². The van der Waals surface area contributed by atoms with Crippen molar-refractivity contribution in [2.24, 2.45) is 0 Å². The van der Waals surface area contributed by atoms with E-state index in [4.69, 9.17) is 11.6 Å². The summed E-state index contributed by atoms with van der Waals surface area (Å²) >= 11 is 11.2. The third-order valence-corrected chi connectivity index (χ3v) is 4.92. The van der Waals surface area contributed by atoms with E-state index in [9.17, 15) is 4.79 Å². The maximum atomic E-state index is 11.9. The van der Waals surface area contributed by atoms with Crippen molar-refractivity contribution in [2.75, 3.05) is 11.5 Å². The largest absolute Gasteiger partial charge is 0.348 e. The highest BCUT2D eigenvalue weighted by atomic mass is 79.9. The van der Waals surface area contributed by atoms with Crippen LogP contribution in [-0.4, -0.2) is 23.5 Å². The van der Waals surface area contributed by atoms with Crippen LogP contribution in [0.5, 0.6) is 0 Å². The molecule has 1 fully saturated rings. The van der Waals surface area contributed by atoms with Crippen molar-refractivity contribution in [3.8, 4) is 0 Å². The highest BCUT2D eigenvalue weighted by Crippen LogP contribution is 2.26. The quantitative estimate of drug-likeness (QED) is 0.905. The summed E-state index contributed by atoms with van der Waals surface area (Å²) in [6.45, 7) is 0. The van der Waals surface area contributed by atoms with E-state index >= 15 is 0 Å². The number of nitrogens with one attached hydrogen (secondary N) is 1. The van der Waals surface area contributed by atoms with E-state index in [-0.39, 0.29) is 11.9 Å². The first kappa shape index (κ1) is 12.3. The van der Waals surface area contributed by atoms with E-state index in [0.29, 0.717) is 10.6 Å². The van der Waals surface area contributed by atoms with Gasteiger partial charge < -0.3 is 5.32 Å². The van der Waals surface area contributed by atoms with Gasteiger partial charge in [-0.2, -0.15) is 11.8 Å². The lowest BCUT2D eigenvalue weighted by atomic mass is 10.2. The van der Waals surface area contributed by atoms with Crippen molar-refractivity contribution in [2.45, 2.75) is 12.5 Å². The second-order valence-electron chi connectivity index (χ2n) is 3.64. The zero-order valence-corrected chi connectivity index (χ0v) is 11.7. The second-order valence-corrected chi connectivity index (χ2v) is 6.02. The maximum Gasteiger partial charge on any atom is 0.253 e. The van der Waals surface area contributed by atoms with Crippen LogP contribution in [-0.2, 0) is 0 Å². The van der Waals surface area contributed by atoms with Crippen LogP contribution in [0, 0.1) is 0 Å². The summed E-state index contributed by atoms with van der Waals surface area (Å²) < 4.78 is 0.752. The molecule has 1 aliphatic heterocycles. The number of benzene rings is 1. The molecule has 1 amide bonds. The summed E-state index contributed by atoms with van der Waals surface area (Å²) in [5.41, 5.74) is 0.535. The smallest absolute Gasteiger partial charge is 0.253 e. The predicted molar refractivity (Wildman–Crippen MR) is 72.3 cm³/mol. The topological polar surface area (TPSA) is 29.1 Å². The van der Waals surface area contributed by atoms with E-state index in [1.165, 1.54) is 0 Å². The van der Waals surface area contributed by atoms with Gasteiger partial charge >= 0.3 is 0 Å². The monoisotopic (exact) mass is 319 g/mol. The Balaban J connectivity index is 2.11. The number of hydrogen-bond acceptors (Lipinski definition) is 2. The fourth-order valence-electron chi connectivity index (χ4n) is 1.59. The summed E-state index contributed by atoms with van der Waals surface area (Å²) in [4.78, 5) is 11.9. The minimum absolute atomic E-state index is 0.0844. The van der Waals surface area contributed by atoms with Crippen LogP contribution in [0.4, 0.5) is 0 Å². The van der Waals surface area contributed by atoms with E-state index in [1.54, 1.807) is 6.07 Å². The van der Waals surface area contributed by atoms with Gasteiger partial charge in [0.25, 0.3) is 5.91 Å². The van der Waals surface area contributed by atoms with E-state index < -0.39 is 0 Å².